The molecule has 1 heterocycles. The van der Waals surface area contributed by atoms with Crippen molar-refractivity contribution in [3.8, 4) is 50.2 Å². The lowest BCUT2D eigenvalue weighted by Gasteiger charge is -2.18. The van der Waals surface area contributed by atoms with Crippen molar-refractivity contribution < 1.29 is 0 Å². The van der Waals surface area contributed by atoms with E-state index >= 15 is 0 Å². The zero-order chi connectivity index (χ0) is 32.7. The Bertz CT molecular complexity index is 2550. The van der Waals surface area contributed by atoms with Gasteiger partial charge in [0, 0.05) is 12.1 Å². The van der Waals surface area contributed by atoms with Gasteiger partial charge in [-0.15, -0.1) is 0 Å². The average molecular weight is 627 g/mol. The number of fused-ring (bicyclic) bond motifs is 3. The van der Waals surface area contributed by atoms with Crippen LogP contribution in [0, 0.1) is 0 Å². The minimum absolute atomic E-state index is 0.869. The quantitative estimate of drug-likeness (QED) is 0.168. The van der Waals surface area contributed by atoms with Crippen molar-refractivity contribution in [1.29, 1.82) is 0 Å². The lowest BCUT2D eigenvalue weighted by molar-refractivity contribution is 0.908. The number of hydrogen-bond acceptors (Lipinski definition) is 1. The molecule has 1 aromatic heterocycles. The fourth-order valence-corrected chi connectivity index (χ4v) is 7.55. The molecule has 0 aliphatic heterocycles. The molecular weight excluding hydrogens is 593 g/mol. The molecule has 0 fully saturated rings. The van der Waals surface area contributed by atoms with Gasteiger partial charge in [0.25, 0.3) is 0 Å². The summed E-state index contributed by atoms with van der Waals surface area (Å²) in [6.07, 6.45) is 0.869. The van der Waals surface area contributed by atoms with E-state index in [-0.39, 0.29) is 0 Å². The molecule has 0 atom stereocenters. The van der Waals surface area contributed by atoms with Gasteiger partial charge in [-0.2, -0.15) is 0 Å². The Morgan fingerprint density at radius 2 is 0.837 bits per heavy atom. The van der Waals surface area contributed by atoms with Crippen molar-refractivity contribution in [2.75, 3.05) is 0 Å². The molecule has 9 rings (SSSR count). The van der Waals surface area contributed by atoms with Crippen LogP contribution in [0.3, 0.4) is 0 Å². The first-order chi connectivity index (χ1) is 24.3. The number of aryl methyl sites for hydroxylation is 1. The van der Waals surface area contributed by atoms with Gasteiger partial charge in [0.05, 0.1) is 11.0 Å². The van der Waals surface area contributed by atoms with Crippen molar-refractivity contribution in [1.82, 2.24) is 9.55 Å². The third-order valence-corrected chi connectivity index (χ3v) is 9.79. The van der Waals surface area contributed by atoms with Gasteiger partial charge in [0.2, 0.25) is 0 Å². The fourth-order valence-electron chi connectivity index (χ4n) is 7.55. The predicted octanol–water partition coefficient (Wildman–Crippen LogP) is 12.6. The molecule has 0 unspecified atom stereocenters. The summed E-state index contributed by atoms with van der Waals surface area (Å²) in [6.45, 7) is 2.17. The van der Waals surface area contributed by atoms with Gasteiger partial charge < -0.3 is 0 Å². The Morgan fingerprint density at radius 1 is 0.408 bits per heavy atom. The molecule has 0 radical (unpaired) electrons. The number of nitrogens with zero attached hydrogens (tertiary/aromatic N) is 2. The van der Waals surface area contributed by atoms with Gasteiger partial charge in [-0.3, -0.25) is 4.57 Å². The summed E-state index contributed by atoms with van der Waals surface area (Å²) in [5, 5.41) is 5.02. The highest BCUT2D eigenvalue weighted by atomic mass is 15.1. The van der Waals surface area contributed by atoms with Gasteiger partial charge >= 0.3 is 0 Å². The molecular formula is C47H34N2. The van der Waals surface area contributed by atoms with E-state index in [4.69, 9.17) is 4.98 Å². The normalized spacial score (nSPS) is 11.4. The summed E-state index contributed by atoms with van der Waals surface area (Å²) in [4.78, 5) is 4.91. The van der Waals surface area contributed by atoms with Crippen LogP contribution in [0.4, 0.5) is 0 Å². The van der Waals surface area contributed by atoms with Crippen molar-refractivity contribution in [3.05, 3.63) is 182 Å². The number of aromatic nitrogens is 2. The van der Waals surface area contributed by atoms with Gasteiger partial charge in [-0.1, -0.05) is 159 Å². The van der Waals surface area contributed by atoms with E-state index in [9.17, 15) is 0 Å². The second kappa shape index (κ2) is 12.1. The smallest absolute Gasteiger partial charge is 0.114 e. The van der Waals surface area contributed by atoms with Gasteiger partial charge in [0.1, 0.15) is 5.82 Å². The second-order valence-electron chi connectivity index (χ2n) is 12.6. The number of para-hydroxylation sites is 2. The maximum Gasteiger partial charge on any atom is 0.114 e. The molecule has 9 aromatic rings. The van der Waals surface area contributed by atoms with Crippen LogP contribution < -0.4 is 0 Å². The third kappa shape index (κ3) is 4.92. The fraction of sp³-hybridized carbons (Fsp3) is 0.0426. The van der Waals surface area contributed by atoms with Crippen LogP contribution in [0.15, 0.2) is 176 Å². The van der Waals surface area contributed by atoms with Crippen LogP contribution in [0.25, 0.3) is 82.8 Å². The molecule has 2 nitrogen and oxygen atoms in total. The van der Waals surface area contributed by atoms with E-state index in [0.717, 1.165) is 29.0 Å². The highest BCUT2D eigenvalue weighted by molar-refractivity contribution is 6.21. The van der Waals surface area contributed by atoms with E-state index in [1.807, 2.05) is 0 Å². The summed E-state index contributed by atoms with van der Waals surface area (Å²) in [5.74, 6) is 1.07. The maximum atomic E-state index is 4.91. The second-order valence-corrected chi connectivity index (χ2v) is 12.6. The molecule has 2 heteroatoms. The Hall–Kier alpha value is -6.25. The van der Waals surface area contributed by atoms with Crippen LogP contribution >= 0.6 is 0 Å². The minimum Gasteiger partial charge on any atom is -0.296 e. The van der Waals surface area contributed by atoms with E-state index < -0.39 is 0 Å². The first-order valence-electron chi connectivity index (χ1n) is 17.0. The zero-order valence-corrected chi connectivity index (χ0v) is 27.3. The topological polar surface area (TPSA) is 17.8 Å². The summed E-state index contributed by atoms with van der Waals surface area (Å²) >= 11 is 0. The number of rotatable bonds is 6. The number of imidazole rings is 1. The average Bonchev–Trinajstić information content (AvgIpc) is 3.56. The minimum atomic E-state index is 0.869. The molecule has 232 valence electrons. The summed E-state index contributed by atoms with van der Waals surface area (Å²) in [7, 11) is 0. The molecule has 0 saturated heterocycles. The van der Waals surface area contributed by atoms with E-state index in [0.29, 0.717) is 0 Å². The Kier molecular flexibility index (Phi) is 7.13. The molecule has 0 N–H and O–H groups in total. The first-order valence-corrected chi connectivity index (χ1v) is 17.0. The zero-order valence-electron chi connectivity index (χ0n) is 27.3. The van der Waals surface area contributed by atoms with Crippen LogP contribution in [-0.4, -0.2) is 9.55 Å². The van der Waals surface area contributed by atoms with Crippen molar-refractivity contribution >= 4 is 32.6 Å². The molecule has 0 spiro atoms. The number of hydrogen-bond donors (Lipinski definition) is 0. The first kappa shape index (κ1) is 28.9. The highest BCUT2D eigenvalue weighted by Gasteiger charge is 2.18. The number of benzene rings is 8. The molecule has 0 amide bonds. The van der Waals surface area contributed by atoms with Crippen molar-refractivity contribution in [2.24, 2.45) is 0 Å². The summed E-state index contributed by atoms with van der Waals surface area (Å²) in [6, 6.07) is 63.6. The van der Waals surface area contributed by atoms with Gasteiger partial charge in [0.15, 0.2) is 0 Å². The largest absolute Gasteiger partial charge is 0.296 e. The van der Waals surface area contributed by atoms with E-state index in [2.05, 4.69) is 187 Å². The maximum absolute atomic E-state index is 4.91. The van der Waals surface area contributed by atoms with Crippen LogP contribution in [0.5, 0.6) is 0 Å². The monoisotopic (exact) mass is 626 g/mol. The molecule has 0 saturated carbocycles. The lowest BCUT2D eigenvalue weighted by atomic mass is 9.85. The SMILES string of the molecule is CCc1nc2ccccc2n1-c1ccc(-c2c3ccccc3c(-c3ccc(-c4ccccc4-c4ccccc4)cc3)c3ccccc23)cc1. The predicted molar refractivity (Wildman–Crippen MR) is 207 cm³/mol. The molecule has 0 bridgehead atoms. The molecule has 8 aromatic carbocycles. The van der Waals surface area contributed by atoms with E-state index in [1.54, 1.807) is 0 Å². The van der Waals surface area contributed by atoms with Crippen molar-refractivity contribution in [2.45, 2.75) is 13.3 Å². The Labute approximate surface area is 286 Å². The standard InChI is InChI=1S/C47H34N2/c1-2-45-48-43-22-12-13-23-44(43)49(45)36-30-28-35(29-31-36)47-41-20-10-8-18-39(41)46(40-19-9-11-21-42(40)47)34-26-24-33(25-27-34)38-17-7-6-16-37(38)32-14-4-3-5-15-32/h3-31H,2H2,1H3. The Balaban J connectivity index is 1.18. The molecule has 49 heavy (non-hydrogen) atoms. The summed E-state index contributed by atoms with van der Waals surface area (Å²) in [5.41, 5.74) is 13.2. The van der Waals surface area contributed by atoms with Gasteiger partial charge in [-0.05, 0) is 90.3 Å². The van der Waals surface area contributed by atoms with Crippen LogP contribution in [-0.2, 0) is 6.42 Å². The third-order valence-electron chi connectivity index (χ3n) is 9.79. The molecule has 0 aliphatic rings. The van der Waals surface area contributed by atoms with E-state index in [1.165, 1.54) is 66.1 Å². The lowest BCUT2D eigenvalue weighted by Crippen LogP contribution is -2.00. The van der Waals surface area contributed by atoms with Crippen LogP contribution in [0.2, 0.25) is 0 Å². The van der Waals surface area contributed by atoms with Crippen molar-refractivity contribution in [3.63, 3.8) is 0 Å². The Morgan fingerprint density at radius 3 is 1.39 bits per heavy atom. The van der Waals surface area contributed by atoms with Gasteiger partial charge in [-0.25, -0.2) is 4.98 Å². The molecule has 0 aliphatic carbocycles. The van der Waals surface area contributed by atoms with Crippen LogP contribution in [0.1, 0.15) is 12.7 Å². The highest BCUT2D eigenvalue weighted by Crippen LogP contribution is 2.44. The summed E-state index contributed by atoms with van der Waals surface area (Å²) < 4.78 is 2.29.